The standard InChI is InChI=1S/C33H47N3O8/c1-19(37)43-23-16-32(2)22(6-7-24(32)38)26-28(23)33(3)25(18-42-5)44-31(41)21(27(33)30(40)29(26)39)17-35-12-14-36(15-13-35)20-8-10-34(4)11-9-20/h17,20,22-25,38,40H,6-16,18H2,1-5H3/b21-17-. The minimum Gasteiger partial charge on any atom is -0.504 e. The van der Waals surface area contributed by atoms with Crippen LogP contribution >= 0.6 is 0 Å². The highest BCUT2D eigenvalue weighted by Gasteiger charge is 2.64. The second kappa shape index (κ2) is 11.6. The highest BCUT2D eigenvalue weighted by atomic mass is 16.6. The van der Waals surface area contributed by atoms with Gasteiger partial charge in [0.05, 0.1) is 23.7 Å². The molecular weight excluding hydrogens is 566 g/mol. The molecular formula is C33H47N3O8. The van der Waals surface area contributed by atoms with Gasteiger partial charge in [0.1, 0.15) is 12.2 Å². The van der Waals surface area contributed by atoms with Gasteiger partial charge in [0.25, 0.3) is 0 Å². The van der Waals surface area contributed by atoms with Gasteiger partial charge in [-0.2, -0.15) is 0 Å². The van der Waals surface area contributed by atoms with Gasteiger partial charge < -0.3 is 34.2 Å². The van der Waals surface area contributed by atoms with E-state index in [1.54, 1.807) is 6.20 Å². The number of methoxy groups -OCH3 is 1. The van der Waals surface area contributed by atoms with Crippen molar-refractivity contribution in [1.29, 1.82) is 0 Å². The third-order valence-electron chi connectivity index (χ3n) is 11.5. The number of aliphatic hydroxyl groups is 2. The van der Waals surface area contributed by atoms with Crippen LogP contribution in [-0.4, -0.2) is 127 Å². The van der Waals surface area contributed by atoms with Gasteiger partial charge in [0.2, 0.25) is 5.78 Å². The fraction of sp³-hybridized carbons (Fsp3) is 0.727. The average molecular weight is 614 g/mol. The van der Waals surface area contributed by atoms with Gasteiger partial charge in [-0.05, 0) is 70.7 Å². The molecule has 11 heteroatoms. The minimum absolute atomic E-state index is 0.0177. The number of likely N-dealkylation sites (tertiary alicyclic amines) is 1. The zero-order valence-electron chi connectivity index (χ0n) is 26.6. The summed E-state index contributed by atoms with van der Waals surface area (Å²) < 4.78 is 17.5. The fourth-order valence-corrected chi connectivity index (χ4v) is 9.05. The molecule has 4 fully saturated rings. The molecule has 0 radical (unpaired) electrons. The van der Waals surface area contributed by atoms with E-state index in [-0.39, 0.29) is 23.7 Å². The third-order valence-corrected chi connectivity index (χ3v) is 11.5. The monoisotopic (exact) mass is 613 g/mol. The topological polar surface area (TPSA) is 129 Å². The molecule has 1 saturated carbocycles. The number of hydrogen-bond donors (Lipinski definition) is 2. The maximum atomic E-state index is 14.2. The van der Waals surface area contributed by atoms with Gasteiger partial charge in [-0.3, -0.25) is 14.5 Å². The lowest BCUT2D eigenvalue weighted by Gasteiger charge is -2.54. The lowest BCUT2D eigenvalue weighted by Crippen LogP contribution is -2.57. The Bertz CT molecular complexity index is 1310. The molecule has 6 unspecified atom stereocenters. The Morgan fingerprint density at radius 2 is 1.75 bits per heavy atom. The average Bonchev–Trinajstić information content (AvgIpc) is 3.27. The third kappa shape index (κ3) is 4.91. The molecule has 0 aromatic carbocycles. The molecule has 242 valence electrons. The van der Waals surface area contributed by atoms with Gasteiger partial charge >= 0.3 is 11.9 Å². The number of allylic oxidation sites excluding steroid dienone is 1. The van der Waals surface area contributed by atoms with Crippen LogP contribution in [0.3, 0.4) is 0 Å². The van der Waals surface area contributed by atoms with Crippen molar-refractivity contribution in [2.24, 2.45) is 16.7 Å². The van der Waals surface area contributed by atoms with Crippen molar-refractivity contribution in [1.82, 2.24) is 14.7 Å². The summed E-state index contributed by atoms with van der Waals surface area (Å²) in [7, 11) is 3.67. The smallest absolute Gasteiger partial charge is 0.340 e. The molecule has 0 spiro atoms. The number of carbonyl (C=O) groups excluding carboxylic acids is 3. The molecule has 0 aromatic heterocycles. The van der Waals surface area contributed by atoms with Crippen molar-refractivity contribution >= 4 is 17.7 Å². The Morgan fingerprint density at radius 1 is 1.07 bits per heavy atom. The minimum atomic E-state index is -1.20. The molecule has 11 nitrogen and oxygen atoms in total. The number of ketones is 1. The fourth-order valence-electron chi connectivity index (χ4n) is 9.05. The molecule has 6 rings (SSSR count). The first kappa shape index (κ1) is 31.3. The number of nitrogens with zero attached hydrogens (tertiary/aromatic N) is 3. The summed E-state index contributed by atoms with van der Waals surface area (Å²) in [6.45, 7) is 10.4. The van der Waals surface area contributed by atoms with Crippen molar-refractivity contribution in [2.75, 3.05) is 60.0 Å². The predicted octanol–water partition coefficient (Wildman–Crippen LogP) is 1.96. The second-order valence-corrected chi connectivity index (χ2v) is 14.0. The lowest BCUT2D eigenvalue weighted by atomic mass is 9.53. The van der Waals surface area contributed by atoms with Crippen LogP contribution in [0.1, 0.15) is 52.9 Å². The van der Waals surface area contributed by atoms with E-state index < -0.39 is 52.6 Å². The zero-order chi connectivity index (χ0) is 31.6. The van der Waals surface area contributed by atoms with E-state index in [0.29, 0.717) is 49.5 Å². The Labute approximate surface area is 259 Å². The number of cyclic esters (lactones) is 1. The number of Topliss-reactive ketones (excluding diaryl/α,β-unsaturated/α-hetero) is 1. The van der Waals surface area contributed by atoms with E-state index in [1.165, 1.54) is 14.0 Å². The molecule has 0 amide bonds. The van der Waals surface area contributed by atoms with Crippen LogP contribution in [0.4, 0.5) is 0 Å². The molecule has 3 aliphatic carbocycles. The van der Waals surface area contributed by atoms with Crippen LogP contribution in [0.25, 0.3) is 0 Å². The molecule has 2 N–H and O–H groups in total. The van der Waals surface area contributed by atoms with Crippen molar-refractivity contribution < 1.29 is 38.8 Å². The Morgan fingerprint density at radius 3 is 2.39 bits per heavy atom. The van der Waals surface area contributed by atoms with Crippen LogP contribution in [0.15, 0.2) is 34.3 Å². The molecule has 3 saturated heterocycles. The highest BCUT2D eigenvalue weighted by Crippen LogP contribution is 2.63. The predicted molar refractivity (Wildman–Crippen MR) is 160 cm³/mol. The van der Waals surface area contributed by atoms with E-state index >= 15 is 0 Å². The maximum Gasteiger partial charge on any atom is 0.340 e. The van der Waals surface area contributed by atoms with Gasteiger partial charge in [0, 0.05) is 69.0 Å². The molecule has 6 aliphatic rings. The maximum absolute atomic E-state index is 14.2. The quantitative estimate of drug-likeness (QED) is 0.349. The first-order valence-corrected chi connectivity index (χ1v) is 16.1. The second-order valence-electron chi connectivity index (χ2n) is 14.0. The number of fused-ring (bicyclic) bond motifs is 4. The van der Waals surface area contributed by atoms with E-state index in [0.717, 1.165) is 39.0 Å². The number of hydrogen-bond acceptors (Lipinski definition) is 11. The van der Waals surface area contributed by atoms with Crippen molar-refractivity contribution in [3.63, 3.8) is 0 Å². The molecule has 0 bridgehead atoms. The van der Waals surface area contributed by atoms with E-state index in [2.05, 4.69) is 21.7 Å². The normalized spacial score (nSPS) is 38.0. The zero-order valence-corrected chi connectivity index (χ0v) is 26.6. The highest BCUT2D eigenvalue weighted by molar-refractivity contribution is 6.13. The molecule has 3 heterocycles. The molecule has 3 aliphatic heterocycles. The first-order chi connectivity index (χ1) is 20.9. The number of esters is 2. The van der Waals surface area contributed by atoms with Gasteiger partial charge in [-0.25, -0.2) is 4.79 Å². The molecule has 6 atom stereocenters. The van der Waals surface area contributed by atoms with E-state index in [1.807, 2.05) is 13.8 Å². The number of piperazine rings is 1. The Kier molecular flexibility index (Phi) is 8.22. The van der Waals surface area contributed by atoms with Crippen molar-refractivity contribution in [3.8, 4) is 0 Å². The van der Waals surface area contributed by atoms with Crippen LogP contribution in [0, 0.1) is 16.7 Å². The summed E-state index contributed by atoms with van der Waals surface area (Å²) >= 11 is 0. The van der Waals surface area contributed by atoms with Crippen molar-refractivity contribution in [3.05, 3.63) is 34.3 Å². The van der Waals surface area contributed by atoms with Crippen LogP contribution in [-0.2, 0) is 28.6 Å². The number of ether oxygens (including phenoxy) is 3. The van der Waals surface area contributed by atoms with Gasteiger partial charge in [-0.1, -0.05) is 6.92 Å². The summed E-state index contributed by atoms with van der Waals surface area (Å²) in [5, 5.41) is 22.8. The Balaban J connectivity index is 1.39. The van der Waals surface area contributed by atoms with E-state index in [4.69, 9.17) is 14.2 Å². The van der Waals surface area contributed by atoms with Crippen LogP contribution in [0.5, 0.6) is 0 Å². The largest absolute Gasteiger partial charge is 0.504 e. The summed E-state index contributed by atoms with van der Waals surface area (Å²) in [4.78, 5) is 47.3. The van der Waals surface area contributed by atoms with Gasteiger partial charge in [0.15, 0.2) is 5.76 Å². The van der Waals surface area contributed by atoms with Crippen LogP contribution < -0.4 is 0 Å². The first-order valence-electron chi connectivity index (χ1n) is 16.1. The SMILES string of the molecule is COCC1OC(=O)/C(=C\N2CCN(C3CCN(C)CC3)CC2)C2=C(O)C(=O)C3=C(C(OC(C)=O)CC4(C)C(O)CCC34)C21C. The van der Waals surface area contributed by atoms with Crippen LogP contribution in [0.2, 0.25) is 0 Å². The van der Waals surface area contributed by atoms with E-state index in [9.17, 15) is 24.6 Å². The summed E-state index contributed by atoms with van der Waals surface area (Å²) in [6.07, 6.45) is 3.01. The Hall–Kier alpha value is -2.73. The number of rotatable bonds is 5. The lowest BCUT2D eigenvalue weighted by molar-refractivity contribution is -0.161. The van der Waals surface area contributed by atoms with Crippen molar-refractivity contribution in [2.45, 2.75) is 77.2 Å². The summed E-state index contributed by atoms with van der Waals surface area (Å²) in [6, 6.07) is 0.552. The summed E-state index contributed by atoms with van der Waals surface area (Å²) in [5.74, 6) is -2.53. The summed E-state index contributed by atoms with van der Waals surface area (Å²) in [5.41, 5.74) is -0.640. The van der Waals surface area contributed by atoms with Gasteiger partial charge in [-0.15, -0.1) is 0 Å². The number of piperidine rings is 1. The number of aliphatic hydroxyl groups excluding tert-OH is 2. The number of carbonyl (C=O) groups is 3. The molecule has 44 heavy (non-hydrogen) atoms. The molecule has 0 aromatic rings.